The summed E-state index contributed by atoms with van der Waals surface area (Å²) in [7, 11) is 0. The van der Waals surface area contributed by atoms with E-state index in [1.165, 1.54) is 24.0 Å². The van der Waals surface area contributed by atoms with Crippen molar-refractivity contribution in [1.82, 2.24) is 10.7 Å². The van der Waals surface area contributed by atoms with E-state index in [1.807, 2.05) is 30.3 Å². The number of aliphatic hydroxyl groups excluding tert-OH is 1. The fourth-order valence-corrected chi connectivity index (χ4v) is 2.90. The Hall–Kier alpha value is -2.49. The van der Waals surface area contributed by atoms with Gasteiger partial charge in [-0.05, 0) is 23.8 Å². The van der Waals surface area contributed by atoms with Crippen molar-refractivity contribution in [2.24, 2.45) is 5.10 Å². The van der Waals surface area contributed by atoms with Crippen LogP contribution < -0.4 is 10.7 Å². The minimum atomic E-state index is -0.448. The van der Waals surface area contributed by atoms with Crippen LogP contribution in [0.1, 0.15) is 11.1 Å². The first-order valence-corrected chi connectivity index (χ1v) is 9.12. The summed E-state index contributed by atoms with van der Waals surface area (Å²) in [6.45, 7) is 0.535. The quantitative estimate of drug-likeness (QED) is 0.209. The van der Waals surface area contributed by atoms with Crippen molar-refractivity contribution in [2.45, 2.75) is 11.4 Å². The summed E-state index contributed by atoms with van der Waals surface area (Å²) in [5, 5.41) is 27.4. The maximum absolute atomic E-state index is 11.2. The van der Waals surface area contributed by atoms with Crippen molar-refractivity contribution in [3.63, 3.8) is 0 Å². The van der Waals surface area contributed by atoms with Crippen LogP contribution in [0.4, 0.5) is 5.69 Å². The molecule has 0 unspecified atom stereocenters. The number of aliphatic hydroxyl groups is 1. The first kappa shape index (κ1) is 19.8. The summed E-state index contributed by atoms with van der Waals surface area (Å²) in [6, 6.07) is 14.6. The van der Waals surface area contributed by atoms with Crippen LogP contribution in [0.25, 0.3) is 0 Å². The maximum Gasteiger partial charge on any atom is 0.283 e. The molecule has 0 spiro atoms. The number of nitrogens with one attached hydrogen (secondary N) is 2. The summed E-state index contributed by atoms with van der Waals surface area (Å²) < 4.78 is 0. The number of rotatable bonds is 8. The molecule has 0 amide bonds. The van der Waals surface area contributed by atoms with Crippen molar-refractivity contribution in [1.29, 1.82) is 0 Å². The molecule has 0 aliphatic heterocycles. The van der Waals surface area contributed by atoms with Gasteiger partial charge in [0.25, 0.3) is 5.69 Å². The van der Waals surface area contributed by atoms with E-state index in [4.69, 9.17) is 17.3 Å². The molecule has 0 radical (unpaired) electrons. The number of hydrazone groups is 1. The predicted octanol–water partition coefficient (Wildman–Crippen LogP) is 2.68. The van der Waals surface area contributed by atoms with E-state index in [2.05, 4.69) is 15.8 Å². The van der Waals surface area contributed by atoms with Gasteiger partial charge in [0.1, 0.15) is 0 Å². The second-order valence-electron chi connectivity index (χ2n) is 5.09. The molecule has 0 atom stereocenters. The Morgan fingerprint density at radius 3 is 2.77 bits per heavy atom. The first-order valence-electron chi connectivity index (χ1n) is 7.73. The van der Waals surface area contributed by atoms with Gasteiger partial charge in [-0.25, -0.2) is 0 Å². The minimum Gasteiger partial charge on any atom is -0.396 e. The van der Waals surface area contributed by atoms with Crippen LogP contribution in [-0.4, -0.2) is 33.7 Å². The molecule has 9 heteroatoms. The molecule has 0 aliphatic rings. The zero-order valence-corrected chi connectivity index (χ0v) is 15.4. The normalized spacial score (nSPS) is 10.7. The average Bonchev–Trinajstić information content (AvgIpc) is 2.66. The molecule has 0 aromatic heterocycles. The highest BCUT2D eigenvalue weighted by Gasteiger charge is 2.14. The summed E-state index contributed by atoms with van der Waals surface area (Å²) in [5.74, 6) is 0.400. The SMILES string of the molecule is O=[N+]([O-])c1cc(C=NNC(=S)NCc2ccccc2)ccc1SCCO. The van der Waals surface area contributed by atoms with Crippen LogP contribution in [-0.2, 0) is 6.54 Å². The molecule has 26 heavy (non-hydrogen) atoms. The number of benzene rings is 2. The van der Waals surface area contributed by atoms with E-state index >= 15 is 0 Å². The number of hydrogen-bond acceptors (Lipinski definition) is 6. The number of nitro benzene ring substituents is 1. The Bertz CT molecular complexity index is 785. The van der Waals surface area contributed by atoms with Crippen molar-refractivity contribution >= 4 is 41.0 Å². The standard InChI is InChI=1S/C17H18N4O3S2/c22-8-9-26-16-7-6-14(10-15(16)21(23)24)12-19-20-17(25)18-11-13-4-2-1-3-5-13/h1-7,10,12,22H,8-9,11H2,(H2,18,20,25). The molecule has 0 aliphatic carbocycles. The van der Waals surface area contributed by atoms with Gasteiger partial charge in [0.2, 0.25) is 0 Å². The van der Waals surface area contributed by atoms with Crippen molar-refractivity contribution in [2.75, 3.05) is 12.4 Å². The Labute approximate surface area is 160 Å². The predicted molar refractivity (Wildman–Crippen MR) is 108 cm³/mol. The first-order chi connectivity index (χ1) is 12.6. The largest absolute Gasteiger partial charge is 0.396 e. The zero-order chi connectivity index (χ0) is 18.8. The van der Waals surface area contributed by atoms with Gasteiger partial charge in [-0.3, -0.25) is 15.5 Å². The van der Waals surface area contributed by atoms with E-state index in [9.17, 15) is 10.1 Å². The zero-order valence-electron chi connectivity index (χ0n) is 13.8. The number of hydrogen-bond donors (Lipinski definition) is 3. The summed E-state index contributed by atoms with van der Waals surface area (Å²) in [4.78, 5) is 11.2. The van der Waals surface area contributed by atoms with Crippen LogP contribution in [0, 0.1) is 10.1 Å². The van der Waals surface area contributed by atoms with Gasteiger partial charge in [-0.1, -0.05) is 36.4 Å². The number of nitro groups is 1. The second kappa shape index (κ2) is 10.5. The molecule has 2 aromatic carbocycles. The summed E-state index contributed by atoms with van der Waals surface area (Å²) in [5.41, 5.74) is 4.33. The monoisotopic (exact) mass is 390 g/mol. The Morgan fingerprint density at radius 1 is 1.31 bits per heavy atom. The molecule has 0 saturated heterocycles. The highest BCUT2D eigenvalue weighted by atomic mass is 32.2. The van der Waals surface area contributed by atoms with Crippen LogP contribution in [0.2, 0.25) is 0 Å². The van der Waals surface area contributed by atoms with Crippen molar-refractivity contribution in [3.05, 3.63) is 69.8 Å². The smallest absolute Gasteiger partial charge is 0.283 e. The van der Waals surface area contributed by atoms with Gasteiger partial charge in [-0.2, -0.15) is 5.10 Å². The maximum atomic E-state index is 11.2. The average molecular weight is 390 g/mol. The lowest BCUT2D eigenvalue weighted by Crippen LogP contribution is -2.31. The molecule has 0 fully saturated rings. The summed E-state index contributed by atoms with van der Waals surface area (Å²) in [6.07, 6.45) is 1.46. The lowest BCUT2D eigenvalue weighted by molar-refractivity contribution is -0.387. The fourth-order valence-electron chi connectivity index (χ4n) is 2.02. The number of thiocarbonyl (C=S) groups is 1. The van der Waals surface area contributed by atoms with E-state index in [0.29, 0.717) is 27.9 Å². The van der Waals surface area contributed by atoms with Gasteiger partial charge in [0, 0.05) is 23.9 Å². The molecule has 7 nitrogen and oxygen atoms in total. The number of thioether (sulfide) groups is 1. The van der Waals surface area contributed by atoms with Crippen molar-refractivity contribution < 1.29 is 10.0 Å². The minimum absolute atomic E-state index is 0.0165. The molecular formula is C17H18N4O3S2. The number of nitrogens with zero attached hydrogens (tertiary/aromatic N) is 2. The van der Waals surface area contributed by atoms with Crippen LogP contribution >= 0.6 is 24.0 Å². The van der Waals surface area contributed by atoms with Crippen LogP contribution in [0.3, 0.4) is 0 Å². The molecule has 0 saturated carbocycles. The van der Waals surface area contributed by atoms with E-state index in [-0.39, 0.29) is 12.3 Å². The van der Waals surface area contributed by atoms with Gasteiger partial charge >= 0.3 is 0 Å². The van der Waals surface area contributed by atoms with E-state index in [0.717, 1.165) is 5.56 Å². The Kier molecular flexibility index (Phi) is 8.00. The third-order valence-electron chi connectivity index (χ3n) is 3.20. The van der Waals surface area contributed by atoms with Gasteiger partial charge < -0.3 is 10.4 Å². The van der Waals surface area contributed by atoms with Crippen LogP contribution in [0.5, 0.6) is 0 Å². The second-order valence-corrected chi connectivity index (χ2v) is 6.64. The topological polar surface area (TPSA) is 99.8 Å². The van der Waals surface area contributed by atoms with Crippen molar-refractivity contribution in [3.8, 4) is 0 Å². The van der Waals surface area contributed by atoms with Gasteiger partial charge in [-0.15, -0.1) is 11.8 Å². The molecule has 0 bridgehead atoms. The van der Waals surface area contributed by atoms with E-state index in [1.54, 1.807) is 12.1 Å². The van der Waals surface area contributed by atoms with E-state index < -0.39 is 4.92 Å². The lowest BCUT2D eigenvalue weighted by atomic mass is 10.2. The third-order valence-corrected chi connectivity index (χ3v) is 4.48. The molecular weight excluding hydrogens is 372 g/mol. The Morgan fingerprint density at radius 2 is 2.08 bits per heavy atom. The van der Waals surface area contributed by atoms with Gasteiger partial charge in [0.05, 0.1) is 22.6 Å². The lowest BCUT2D eigenvalue weighted by Gasteiger charge is -2.07. The molecule has 136 valence electrons. The van der Waals surface area contributed by atoms with Gasteiger partial charge in [0.15, 0.2) is 5.11 Å². The third kappa shape index (κ3) is 6.43. The van der Waals surface area contributed by atoms with Crippen LogP contribution in [0.15, 0.2) is 58.5 Å². The molecule has 3 N–H and O–H groups in total. The highest BCUT2D eigenvalue weighted by molar-refractivity contribution is 7.99. The fraction of sp³-hybridized carbons (Fsp3) is 0.176. The molecule has 0 heterocycles. The Balaban J connectivity index is 1.91. The summed E-state index contributed by atoms with van der Waals surface area (Å²) >= 11 is 6.37. The molecule has 2 rings (SSSR count). The highest BCUT2D eigenvalue weighted by Crippen LogP contribution is 2.29. The molecule has 2 aromatic rings.